The smallest absolute Gasteiger partial charge is 0.310 e. The molecule has 0 amide bonds. The van der Waals surface area contributed by atoms with E-state index in [4.69, 9.17) is 16.3 Å². The lowest BCUT2D eigenvalue weighted by molar-refractivity contribution is -0.139. The molecular formula is C10H10ClF2NO3. The molecule has 94 valence electrons. The molecule has 0 atom stereocenters. The van der Waals surface area contributed by atoms with Gasteiger partial charge in [0.05, 0.1) is 31.9 Å². The van der Waals surface area contributed by atoms with Crippen LogP contribution in [0.15, 0.2) is 6.20 Å². The number of carbonyl (C=O) groups excluding carboxylic acids is 1. The van der Waals surface area contributed by atoms with Crippen LogP contribution >= 0.6 is 11.6 Å². The molecule has 0 aliphatic rings. The Morgan fingerprint density at radius 3 is 2.65 bits per heavy atom. The fraction of sp³-hybridized carbons (Fsp3) is 0.400. The van der Waals surface area contributed by atoms with Crippen LogP contribution in [0.5, 0.6) is 5.88 Å². The Morgan fingerprint density at radius 2 is 2.18 bits per heavy atom. The fourth-order valence-electron chi connectivity index (χ4n) is 1.32. The van der Waals surface area contributed by atoms with Crippen molar-refractivity contribution in [1.29, 1.82) is 0 Å². The van der Waals surface area contributed by atoms with E-state index in [1.807, 2.05) is 0 Å². The number of hydrogen-bond donors (Lipinski definition) is 0. The Bertz CT molecular complexity index is 426. The van der Waals surface area contributed by atoms with Crippen LogP contribution in [0, 0.1) is 0 Å². The first-order valence-corrected chi connectivity index (χ1v) is 4.95. The van der Waals surface area contributed by atoms with Crippen molar-refractivity contribution in [2.24, 2.45) is 0 Å². The quantitative estimate of drug-likeness (QED) is 0.785. The Kier molecular flexibility index (Phi) is 4.62. The van der Waals surface area contributed by atoms with E-state index in [0.717, 1.165) is 13.3 Å². The molecule has 1 heterocycles. The molecule has 0 unspecified atom stereocenters. The van der Waals surface area contributed by atoms with E-state index in [-0.39, 0.29) is 22.9 Å². The van der Waals surface area contributed by atoms with Gasteiger partial charge in [-0.25, -0.2) is 13.8 Å². The fourth-order valence-corrected chi connectivity index (χ4v) is 1.57. The van der Waals surface area contributed by atoms with E-state index in [2.05, 4.69) is 9.72 Å². The molecule has 1 aromatic rings. The topological polar surface area (TPSA) is 48.4 Å². The van der Waals surface area contributed by atoms with Crippen molar-refractivity contribution in [3.05, 3.63) is 22.3 Å². The van der Waals surface area contributed by atoms with Crippen molar-refractivity contribution in [3.8, 4) is 5.88 Å². The number of rotatable bonds is 4. The maximum absolute atomic E-state index is 12.8. The van der Waals surface area contributed by atoms with E-state index < -0.39 is 18.0 Å². The summed E-state index contributed by atoms with van der Waals surface area (Å²) in [5.41, 5.74) is -0.509. The van der Waals surface area contributed by atoms with Gasteiger partial charge < -0.3 is 9.47 Å². The molecule has 0 bridgehead atoms. The number of hydrogen-bond acceptors (Lipinski definition) is 4. The first-order chi connectivity index (χ1) is 8.01. The summed E-state index contributed by atoms with van der Waals surface area (Å²) >= 11 is 5.63. The van der Waals surface area contributed by atoms with Gasteiger partial charge in [-0.2, -0.15) is 0 Å². The van der Waals surface area contributed by atoms with Crippen molar-refractivity contribution in [2.45, 2.75) is 12.8 Å². The van der Waals surface area contributed by atoms with Gasteiger partial charge in [0.15, 0.2) is 0 Å². The Morgan fingerprint density at radius 1 is 1.53 bits per heavy atom. The van der Waals surface area contributed by atoms with Crippen LogP contribution < -0.4 is 4.74 Å². The van der Waals surface area contributed by atoms with Crippen LogP contribution in [0.25, 0.3) is 0 Å². The zero-order chi connectivity index (χ0) is 13.0. The molecule has 7 heteroatoms. The second kappa shape index (κ2) is 5.77. The van der Waals surface area contributed by atoms with Gasteiger partial charge in [-0.05, 0) is 0 Å². The average Bonchev–Trinajstić information content (AvgIpc) is 2.28. The van der Waals surface area contributed by atoms with Gasteiger partial charge >= 0.3 is 5.97 Å². The third kappa shape index (κ3) is 3.03. The van der Waals surface area contributed by atoms with Gasteiger partial charge in [0.25, 0.3) is 6.43 Å². The van der Waals surface area contributed by atoms with Crippen molar-refractivity contribution in [2.75, 3.05) is 14.2 Å². The third-order valence-corrected chi connectivity index (χ3v) is 2.40. The molecule has 0 aliphatic heterocycles. The summed E-state index contributed by atoms with van der Waals surface area (Å²) in [6.45, 7) is 0. The predicted molar refractivity (Wildman–Crippen MR) is 56.5 cm³/mol. The number of ether oxygens (including phenoxy) is 2. The standard InChI is InChI=1S/C10H10ClF2NO3/c1-16-7(15)3-5-8(9(12)13)6(11)4-14-10(5)17-2/h4,9H,3H2,1-2H3. The van der Waals surface area contributed by atoms with E-state index in [1.165, 1.54) is 7.11 Å². The van der Waals surface area contributed by atoms with Crippen molar-refractivity contribution in [1.82, 2.24) is 4.98 Å². The minimum absolute atomic E-state index is 0.0538. The molecule has 17 heavy (non-hydrogen) atoms. The van der Waals surface area contributed by atoms with Gasteiger partial charge in [-0.15, -0.1) is 0 Å². The minimum atomic E-state index is -2.82. The summed E-state index contributed by atoms with van der Waals surface area (Å²) in [6.07, 6.45) is -2.13. The summed E-state index contributed by atoms with van der Waals surface area (Å²) in [7, 11) is 2.43. The molecule has 0 aliphatic carbocycles. The normalized spacial score (nSPS) is 10.5. The molecular weight excluding hydrogens is 256 g/mol. The Balaban J connectivity index is 3.29. The van der Waals surface area contributed by atoms with Crippen LogP contribution in [0.4, 0.5) is 8.78 Å². The van der Waals surface area contributed by atoms with Crippen molar-refractivity contribution >= 4 is 17.6 Å². The van der Waals surface area contributed by atoms with Crippen LogP contribution in [-0.4, -0.2) is 25.2 Å². The number of nitrogens with zero attached hydrogens (tertiary/aromatic N) is 1. The predicted octanol–water partition coefficient (Wildman–Crippen LogP) is 2.40. The molecule has 0 aromatic carbocycles. The number of alkyl halides is 2. The molecule has 1 rings (SSSR count). The van der Waals surface area contributed by atoms with Crippen LogP contribution in [-0.2, 0) is 16.0 Å². The molecule has 4 nitrogen and oxygen atoms in total. The minimum Gasteiger partial charge on any atom is -0.481 e. The lowest BCUT2D eigenvalue weighted by Gasteiger charge is -2.13. The molecule has 0 saturated heterocycles. The number of aromatic nitrogens is 1. The number of methoxy groups -OCH3 is 2. The molecule has 0 fully saturated rings. The van der Waals surface area contributed by atoms with E-state index in [9.17, 15) is 13.6 Å². The van der Waals surface area contributed by atoms with Crippen LogP contribution in [0.1, 0.15) is 17.6 Å². The van der Waals surface area contributed by atoms with Gasteiger partial charge in [0.1, 0.15) is 0 Å². The van der Waals surface area contributed by atoms with E-state index in [0.29, 0.717) is 0 Å². The second-order valence-electron chi connectivity index (χ2n) is 3.06. The lowest BCUT2D eigenvalue weighted by Crippen LogP contribution is -2.10. The summed E-state index contributed by atoms with van der Waals surface area (Å²) < 4.78 is 34.9. The molecule has 1 aromatic heterocycles. The van der Waals surface area contributed by atoms with E-state index in [1.54, 1.807) is 0 Å². The largest absolute Gasteiger partial charge is 0.481 e. The van der Waals surface area contributed by atoms with Crippen LogP contribution in [0.2, 0.25) is 5.02 Å². The van der Waals surface area contributed by atoms with Gasteiger partial charge in [-0.1, -0.05) is 11.6 Å². The van der Waals surface area contributed by atoms with Gasteiger partial charge in [0, 0.05) is 11.1 Å². The third-order valence-electron chi connectivity index (χ3n) is 2.10. The monoisotopic (exact) mass is 265 g/mol. The maximum Gasteiger partial charge on any atom is 0.310 e. The van der Waals surface area contributed by atoms with Crippen LogP contribution in [0.3, 0.4) is 0 Å². The highest BCUT2D eigenvalue weighted by molar-refractivity contribution is 6.31. The highest BCUT2D eigenvalue weighted by atomic mass is 35.5. The van der Waals surface area contributed by atoms with Gasteiger partial charge in [-0.3, -0.25) is 4.79 Å². The first kappa shape index (κ1) is 13.6. The zero-order valence-electron chi connectivity index (χ0n) is 9.17. The molecule has 0 spiro atoms. The number of esters is 1. The number of carbonyl (C=O) groups is 1. The zero-order valence-corrected chi connectivity index (χ0v) is 9.92. The average molecular weight is 266 g/mol. The van der Waals surface area contributed by atoms with Gasteiger partial charge in [0.2, 0.25) is 5.88 Å². The highest BCUT2D eigenvalue weighted by Gasteiger charge is 2.24. The first-order valence-electron chi connectivity index (χ1n) is 4.57. The lowest BCUT2D eigenvalue weighted by atomic mass is 10.1. The molecule has 0 radical (unpaired) electrons. The summed E-state index contributed by atoms with van der Waals surface area (Å²) in [5, 5.41) is -0.209. The Labute approximate surface area is 101 Å². The van der Waals surface area contributed by atoms with Crippen molar-refractivity contribution < 1.29 is 23.0 Å². The number of halogens is 3. The number of pyridine rings is 1. The molecule has 0 saturated carbocycles. The SMILES string of the molecule is COC(=O)Cc1c(OC)ncc(Cl)c1C(F)F. The summed E-state index contributed by atoms with van der Waals surface area (Å²) in [6, 6.07) is 0. The van der Waals surface area contributed by atoms with E-state index >= 15 is 0 Å². The highest BCUT2D eigenvalue weighted by Crippen LogP contribution is 2.34. The molecule has 0 N–H and O–H groups in total. The summed E-state index contributed by atoms with van der Waals surface area (Å²) in [5.74, 6) is -0.732. The second-order valence-corrected chi connectivity index (χ2v) is 3.47. The summed E-state index contributed by atoms with van der Waals surface area (Å²) in [4.78, 5) is 14.9. The van der Waals surface area contributed by atoms with Crippen molar-refractivity contribution in [3.63, 3.8) is 0 Å². The maximum atomic E-state index is 12.8. The Hall–Kier alpha value is -1.43.